The fourth-order valence-electron chi connectivity index (χ4n) is 2.86. The molecule has 0 aliphatic heterocycles. The molecule has 5 nitrogen and oxygen atoms in total. The normalized spacial score (nSPS) is 13.3. The zero-order valence-corrected chi connectivity index (χ0v) is 16.5. The molecule has 1 amide bonds. The van der Waals surface area contributed by atoms with Crippen LogP contribution in [0.1, 0.15) is 18.5 Å². The molecule has 0 bridgehead atoms. The van der Waals surface area contributed by atoms with Crippen molar-refractivity contribution in [2.24, 2.45) is 0 Å². The predicted molar refractivity (Wildman–Crippen MR) is 105 cm³/mol. The van der Waals surface area contributed by atoms with Gasteiger partial charge in [0.2, 0.25) is 0 Å². The first-order valence-electron chi connectivity index (χ1n) is 8.75. The summed E-state index contributed by atoms with van der Waals surface area (Å²) in [5.74, 6) is 0.515. The van der Waals surface area contributed by atoms with Gasteiger partial charge in [-0.25, -0.2) is 0 Å². The fraction of sp³-hybridized carbons (Fsp3) is 0.350. The van der Waals surface area contributed by atoms with Crippen molar-refractivity contribution >= 4 is 23.2 Å². The zero-order chi connectivity index (χ0) is 19.1. The van der Waals surface area contributed by atoms with Crippen LogP contribution < -0.4 is 20.3 Å². The van der Waals surface area contributed by atoms with E-state index in [-0.39, 0.29) is 11.9 Å². The summed E-state index contributed by atoms with van der Waals surface area (Å²) in [6.07, 6.45) is 0. The molecule has 2 aromatic carbocycles. The summed E-state index contributed by atoms with van der Waals surface area (Å²) in [5.41, 5.74) is 1.86. The summed E-state index contributed by atoms with van der Waals surface area (Å²) >= 11 is 6.02. The minimum Gasteiger partial charge on any atom is -0.495 e. The molecule has 0 fully saturated rings. The number of nitrogens with two attached hydrogens (primary N) is 1. The van der Waals surface area contributed by atoms with Crippen LogP contribution in [0.3, 0.4) is 0 Å². The van der Waals surface area contributed by atoms with E-state index >= 15 is 0 Å². The van der Waals surface area contributed by atoms with Gasteiger partial charge in [0.15, 0.2) is 12.1 Å². The minimum absolute atomic E-state index is 0.0777. The fourth-order valence-corrected chi connectivity index (χ4v) is 3.03. The van der Waals surface area contributed by atoms with Crippen LogP contribution in [0.5, 0.6) is 5.75 Å². The molecule has 0 spiro atoms. The van der Waals surface area contributed by atoms with E-state index in [4.69, 9.17) is 16.3 Å². The van der Waals surface area contributed by atoms with Crippen LogP contribution >= 0.6 is 11.6 Å². The Morgan fingerprint density at radius 2 is 1.92 bits per heavy atom. The first kappa shape index (κ1) is 20.2. The summed E-state index contributed by atoms with van der Waals surface area (Å²) < 4.78 is 5.28. The van der Waals surface area contributed by atoms with E-state index in [0.717, 1.165) is 6.54 Å². The maximum absolute atomic E-state index is 12.6. The predicted octanol–water partition coefficient (Wildman–Crippen LogP) is 1.12. The third-order valence-corrected chi connectivity index (χ3v) is 4.69. The third kappa shape index (κ3) is 5.46. The van der Waals surface area contributed by atoms with E-state index in [1.54, 1.807) is 25.3 Å². The number of carbonyl (C=O) groups excluding carboxylic acids is 1. The summed E-state index contributed by atoms with van der Waals surface area (Å²) in [7, 11) is 5.83. The largest absolute Gasteiger partial charge is 0.495 e. The number of nitrogens with one attached hydrogen (secondary N) is 2. The van der Waals surface area contributed by atoms with Gasteiger partial charge in [0.1, 0.15) is 12.3 Å². The first-order chi connectivity index (χ1) is 12.4. The Kier molecular flexibility index (Phi) is 7.45. The van der Waals surface area contributed by atoms with Crippen LogP contribution in [0.4, 0.5) is 5.69 Å². The first-order valence-corrected chi connectivity index (χ1v) is 9.13. The maximum atomic E-state index is 12.6. The quantitative estimate of drug-likeness (QED) is 0.645. The van der Waals surface area contributed by atoms with Crippen molar-refractivity contribution in [3.63, 3.8) is 0 Å². The topological polar surface area (TPSA) is 59.4 Å². The smallest absolute Gasteiger partial charge is 0.282 e. The molecule has 0 saturated carbocycles. The number of ether oxygens (including phenoxy) is 1. The minimum atomic E-state index is -0.232. The lowest BCUT2D eigenvalue weighted by Crippen LogP contribution is -3.10. The van der Waals surface area contributed by atoms with Gasteiger partial charge in [-0.1, -0.05) is 41.9 Å². The molecule has 140 valence electrons. The van der Waals surface area contributed by atoms with E-state index < -0.39 is 0 Å². The number of rotatable bonds is 8. The number of halogens is 1. The Morgan fingerprint density at radius 1 is 1.23 bits per heavy atom. The lowest BCUT2D eigenvalue weighted by atomic mass is 10.1. The Morgan fingerprint density at radius 3 is 2.54 bits per heavy atom. The number of carbonyl (C=O) groups is 1. The highest BCUT2D eigenvalue weighted by atomic mass is 35.5. The Balaban J connectivity index is 1.99. The average Bonchev–Trinajstić information content (AvgIpc) is 2.62. The van der Waals surface area contributed by atoms with Gasteiger partial charge in [0.05, 0.1) is 26.9 Å². The van der Waals surface area contributed by atoms with Crippen molar-refractivity contribution in [3.8, 4) is 5.75 Å². The molecule has 0 aliphatic rings. The number of likely N-dealkylation sites (N-methyl/N-ethyl adjacent to an activating group) is 1. The molecule has 26 heavy (non-hydrogen) atoms. The SMILES string of the molecule is COc1ccc(Cl)cc1NC(=O)[C@@H](C)[NH2+]C[C@@H](c1ccccc1)[NH+](C)C. The van der Waals surface area contributed by atoms with E-state index in [1.807, 2.05) is 25.1 Å². The van der Waals surface area contributed by atoms with Crippen molar-refractivity contribution in [2.45, 2.75) is 19.0 Å². The number of anilines is 1. The Bertz CT molecular complexity index is 722. The molecule has 2 aromatic rings. The molecular formula is C20H28ClN3O2+2. The van der Waals surface area contributed by atoms with Crippen LogP contribution in [0.25, 0.3) is 0 Å². The second-order valence-corrected chi connectivity index (χ2v) is 7.07. The molecule has 0 radical (unpaired) electrons. The molecule has 6 heteroatoms. The molecule has 2 rings (SSSR count). The molecule has 0 aromatic heterocycles. The van der Waals surface area contributed by atoms with Crippen molar-refractivity contribution in [3.05, 3.63) is 59.1 Å². The van der Waals surface area contributed by atoms with Crippen LogP contribution in [0.15, 0.2) is 48.5 Å². The second-order valence-electron chi connectivity index (χ2n) is 6.63. The molecule has 2 atom stereocenters. The van der Waals surface area contributed by atoms with Gasteiger partial charge in [0.25, 0.3) is 5.91 Å². The van der Waals surface area contributed by atoms with Gasteiger partial charge in [-0.2, -0.15) is 0 Å². The van der Waals surface area contributed by atoms with Crippen LogP contribution in [0.2, 0.25) is 5.02 Å². The molecule has 0 heterocycles. The molecular weight excluding hydrogens is 350 g/mol. The maximum Gasteiger partial charge on any atom is 0.282 e. The Labute approximate surface area is 160 Å². The van der Waals surface area contributed by atoms with Gasteiger partial charge in [-0.3, -0.25) is 4.79 Å². The van der Waals surface area contributed by atoms with Crippen molar-refractivity contribution in [1.29, 1.82) is 0 Å². The van der Waals surface area contributed by atoms with Crippen LogP contribution in [-0.4, -0.2) is 39.7 Å². The van der Waals surface area contributed by atoms with Crippen molar-refractivity contribution in [1.82, 2.24) is 0 Å². The van der Waals surface area contributed by atoms with Gasteiger partial charge in [-0.05, 0) is 25.1 Å². The van der Waals surface area contributed by atoms with Gasteiger partial charge < -0.3 is 20.3 Å². The van der Waals surface area contributed by atoms with Crippen LogP contribution in [0, 0.1) is 0 Å². The van der Waals surface area contributed by atoms with Crippen molar-refractivity contribution < 1.29 is 19.7 Å². The number of quaternary nitrogens is 2. The highest BCUT2D eigenvalue weighted by Gasteiger charge is 2.24. The van der Waals surface area contributed by atoms with E-state index in [1.165, 1.54) is 10.5 Å². The summed E-state index contributed by atoms with van der Waals surface area (Å²) in [4.78, 5) is 13.9. The lowest BCUT2D eigenvalue weighted by Gasteiger charge is -2.22. The van der Waals surface area contributed by atoms with E-state index in [9.17, 15) is 4.79 Å². The highest BCUT2D eigenvalue weighted by molar-refractivity contribution is 6.31. The number of benzene rings is 2. The van der Waals surface area contributed by atoms with E-state index in [2.05, 4.69) is 36.9 Å². The number of amides is 1. The number of methoxy groups -OCH3 is 1. The summed E-state index contributed by atoms with van der Waals surface area (Å²) in [5, 5.41) is 5.53. The van der Waals surface area contributed by atoms with Gasteiger partial charge in [0, 0.05) is 10.6 Å². The van der Waals surface area contributed by atoms with E-state index in [0.29, 0.717) is 22.5 Å². The Hall–Kier alpha value is -2.08. The third-order valence-electron chi connectivity index (χ3n) is 4.46. The summed E-state index contributed by atoms with van der Waals surface area (Å²) in [6, 6.07) is 15.6. The highest BCUT2D eigenvalue weighted by Crippen LogP contribution is 2.27. The van der Waals surface area contributed by atoms with Crippen molar-refractivity contribution in [2.75, 3.05) is 33.1 Å². The monoisotopic (exact) mass is 377 g/mol. The number of hydrogen-bond acceptors (Lipinski definition) is 2. The standard InChI is InChI=1S/C20H26ClN3O2/c1-14(20(25)23-17-12-16(21)10-11-19(17)26-4)22-13-18(24(2)3)15-8-6-5-7-9-15/h5-12,14,18,22H,13H2,1-4H3,(H,23,25)/p+2/t14-,18+/m1/s1. The average molecular weight is 378 g/mol. The van der Waals surface area contributed by atoms with Crippen LogP contribution in [-0.2, 0) is 4.79 Å². The molecule has 0 saturated heterocycles. The number of hydrogen-bond donors (Lipinski definition) is 3. The zero-order valence-electron chi connectivity index (χ0n) is 15.8. The second kappa shape index (κ2) is 9.57. The molecule has 4 N–H and O–H groups in total. The van der Waals surface area contributed by atoms with Gasteiger partial charge >= 0.3 is 0 Å². The molecule has 0 unspecified atom stereocenters. The lowest BCUT2D eigenvalue weighted by molar-refractivity contribution is -0.910. The summed E-state index contributed by atoms with van der Waals surface area (Å²) in [6.45, 7) is 2.72. The molecule has 0 aliphatic carbocycles. The van der Waals surface area contributed by atoms with Gasteiger partial charge in [-0.15, -0.1) is 0 Å².